The fourth-order valence-corrected chi connectivity index (χ4v) is 6.33. The minimum atomic E-state index is -4.05. The standard InChI is InChI=1S/C34H29F2N5O4S/c1-23-17-30(27-19-29(36)33(42)41(21-27)20-24-11-14-40-15-13-37-32(40)18-24)39-34(38-23)46(43,44)16-12-31(25-7-3-2-4-8-25)45-22-26-9-5-6-10-28(26)35/h2-11,13-15,17-19,21,31H,12,16,20,22H2,1H3. The Bertz CT molecular complexity index is 2190. The van der Waals surface area contributed by atoms with Crippen LogP contribution in [0.3, 0.4) is 0 Å². The number of hydrogen-bond donors (Lipinski definition) is 0. The molecular formula is C34H29F2N5O4S. The molecular weight excluding hydrogens is 612 g/mol. The second-order valence-corrected chi connectivity index (χ2v) is 12.8. The van der Waals surface area contributed by atoms with E-state index in [4.69, 9.17) is 4.74 Å². The average Bonchev–Trinajstić information content (AvgIpc) is 3.52. The molecule has 0 amide bonds. The van der Waals surface area contributed by atoms with Crippen LogP contribution in [0.2, 0.25) is 0 Å². The van der Waals surface area contributed by atoms with Gasteiger partial charge in [0.15, 0.2) is 5.82 Å². The molecule has 6 aromatic rings. The van der Waals surface area contributed by atoms with E-state index < -0.39 is 38.3 Å². The zero-order valence-corrected chi connectivity index (χ0v) is 25.6. The van der Waals surface area contributed by atoms with E-state index in [-0.39, 0.29) is 36.6 Å². The maximum absolute atomic E-state index is 14.9. The van der Waals surface area contributed by atoms with Crippen LogP contribution in [0.5, 0.6) is 0 Å². The summed E-state index contributed by atoms with van der Waals surface area (Å²) in [6.07, 6.45) is 6.07. The fraction of sp³-hybridized carbons (Fsp3) is 0.176. The van der Waals surface area contributed by atoms with E-state index in [1.807, 2.05) is 34.7 Å². The molecule has 0 aliphatic heterocycles. The van der Waals surface area contributed by atoms with E-state index in [0.29, 0.717) is 16.9 Å². The number of nitrogens with zero attached hydrogens (tertiary/aromatic N) is 5. The molecule has 12 heteroatoms. The third kappa shape index (κ3) is 6.93. The topological polar surface area (TPSA) is 108 Å². The van der Waals surface area contributed by atoms with Crippen LogP contribution in [0.1, 0.15) is 34.9 Å². The maximum atomic E-state index is 14.9. The van der Waals surface area contributed by atoms with Gasteiger partial charge < -0.3 is 13.7 Å². The summed E-state index contributed by atoms with van der Waals surface area (Å²) in [7, 11) is -4.05. The van der Waals surface area contributed by atoms with Crippen LogP contribution in [0.15, 0.2) is 114 Å². The van der Waals surface area contributed by atoms with Crippen LogP contribution >= 0.6 is 0 Å². The lowest BCUT2D eigenvalue weighted by atomic mass is 10.1. The van der Waals surface area contributed by atoms with Crippen molar-refractivity contribution in [3.05, 3.63) is 148 Å². The van der Waals surface area contributed by atoms with Crippen LogP contribution in [-0.4, -0.2) is 38.1 Å². The second kappa shape index (κ2) is 13.1. The molecule has 0 N–H and O–H groups in total. The summed E-state index contributed by atoms with van der Waals surface area (Å²) in [4.78, 5) is 25.4. The Balaban J connectivity index is 1.25. The monoisotopic (exact) mass is 641 g/mol. The first-order valence-electron chi connectivity index (χ1n) is 14.5. The van der Waals surface area contributed by atoms with Gasteiger partial charge in [-0.2, -0.15) is 0 Å². The number of benzene rings is 2. The summed E-state index contributed by atoms with van der Waals surface area (Å²) in [5, 5.41) is -0.425. The number of hydrogen-bond acceptors (Lipinski definition) is 7. The lowest BCUT2D eigenvalue weighted by Gasteiger charge is -2.19. The molecule has 0 aliphatic carbocycles. The van der Waals surface area contributed by atoms with Crippen LogP contribution < -0.4 is 5.56 Å². The van der Waals surface area contributed by atoms with E-state index in [0.717, 1.165) is 17.2 Å². The third-order valence-corrected chi connectivity index (χ3v) is 9.00. The van der Waals surface area contributed by atoms with Crippen molar-refractivity contribution in [2.24, 2.45) is 0 Å². The highest BCUT2D eigenvalue weighted by atomic mass is 32.2. The molecule has 46 heavy (non-hydrogen) atoms. The molecule has 1 unspecified atom stereocenters. The van der Waals surface area contributed by atoms with Crippen LogP contribution in [0.4, 0.5) is 8.78 Å². The van der Waals surface area contributed by atoms with E-state index in [1.165, 1.54) is 22.9 Å². The van der Waals surface area contributed by atoms with Crippen molar-refractivity contribution in [1.82, 2.24) is 23.9 Å². The molecule has 0 aliphatic rings. The zero-order valence-electron chi connectivity index (χ0n) is 24.8. The van der Waals surface area contributed by atoms with Crippen molar-refractivity contribution >= 4 is 15.5 Å². The molecule has 0 saturated carbocycles. The summed E-state index contributed by atoms with van der Waals surface area (Å²) < 4.78 is 65.3. The molecule has 0 bridgehead atoms. The molecule has 4 heterocycles. The molecule has 6 rings (SSSR count). The molecule has 2 aromatic carbocycles. The largest absolute Gasteiger partial charge is 0.369 e. The lowest BCUT2D eigenvalue weighted by Crippen LogP contribution is -2.23. The summed E-state index contributed by atoms with van der Waals surface area (Å²) in [5.74, 6) is -1.78. The minimum absolute atomic E-state index is 0.0470. The molecule has 4 aromatic heterocycles. The van der Waals surface area contributed by atoms with Gasteiger partial charge in [-0.25, -0.2) is 32.2 Å². The molecule has 9 nitrogen and oxygen atoms in total. The highest BCUT2D eigenvalue weighted by Crippen LogP contribution is 2.26. The maximum Gasteiger partial charge on any atom is 0.286 e. The highest BCUT2D eigenvalue weighted by Gasteiger charge is 2.24. The highest BCUT2D eigenvalue weighted by molar-refractivity contribution is 7.91. The fourth-order valence-electron chi connectivity index (χ4n) is 5.11. The number of ether oxygens (including phenoxy) is 1. The summed E-state index contributed by atoms with van der Waals surface area (Å²) >= 11 is 0. The number of imidazole rings is 1. The van der Waals surface area contributed by atoms with E-state index in [1.54, 1.807) is 55.8 Å². The summed E-state index contributed by atoms with van der Waals surface area (Å²) in [6.45, 7) is 1.63. The van der Waals surface area contributed by atoms with Crippen LogP contribution in [0, 0.1) is 18.6 Å². The first kappa shape index (κ1) is 30.9. The lowest BCUT2D eigenvalue weighted by molar-refractivity contribution is 0.0361. The van der Waals surface area contributed by atoms with Gasteiger partial charge >= 0.3 is 0 Å². The zero-order chi connectivity index (χ0) is 32.3. The first-order valence-corrected chi connectivity index (χ1v) is 16.1. The predicted octanol–water partition coefficient (Wildman–Crippen LogP) is 5.71. The van der Waals surface area contributed by atoms with E-state index in [9.17, 15) is 22.0 Å². The number of halogens is 2. The van der Waals surface area contributed by atoms with Gasteiger partial charge in [-0.3, -0.25) is 4.79 Å². The van der Waals surface area contributed by atoms with Gasteiger partial charge in [0.25, 0.3) is 5.56 Å². The normalized spacial score (nSPS) is 12.4. The summed E-state index contributed by atoms with van der Waals surface area (Å²) in [6, 6.07) is 21.5. The van der Waals surface area contributed by atoms with Crippen molar-refractivity contribution in [1.29, 1.82) is 0 Å². The Hall–Kier alpha value is -5.07. The number of aryl methyl sites for hydroxylation is 1. The number of sulfone groups is 1. The van der Waals surface area contributed by atoms with Gasteiger partial charge in [-0.1, -0.05) is 48.5 Å². The Kier molecular flexibility index (Phi) is 8.82. The predicted molar refractivity (Wildman–Crippen MR) is 168 cm³/mol. The van der Waals surface area contributed by atoms with Crippen LogP contribution in [0.25, 0.3) is 16.9 Å². The van der Waals surface area contributed by atoms with Crippen molar-refractivity contribution in [2.45, 2.75) is 37.8 Å². The smallest absolute Gasteiger partial charge is 0.286 e. The van der Waals surface area contributed by atoms with Gasteiger partial charge in [0.1, 0.15) is 11.5 Å². The molecule has 0 radical (unpaired) electrons. The number of rotatable bonds is 11. The quantitative estimate of drug-likeness (QED) is 0.167. The van der Waals surface area contributed by atoms with Gasteiger partial charge in [-0.05, 0) is 54.8 Å². The van der Waals surface area contributed by atoms with Crippen molar-refractivity contribution in [3.8, 4) is 11.3 Å². The molecule has 0 saturated heterocycles. The Morgan fingerprint density at radius 2 is 1.70 bits per heavy atom. The number of fused-ring (bicyclic) bond motifs is 1. The van der Waals surface area contributed by atoms with E-state index >= 15 is 0 Å². The Labute approximate surface area is 263 Å². The third-order valence-electron chi connectivity index (χ3n) is 7.48. The van der Waals surface area contributed by atoms with Gasteiger partial charge in [0, 0.05) is 41.6 Å². The average molecular weight is 642 g/mol. The molecule has 1 atom stereocenters. The first-order chi connectivity index (χ1) is 22.2. The number of pyridine rings is 2. The van der Waals surface area contributed by atoms with Gasteiger partial charge in [0.05, 0.1) is 30.7 Å². The van der Waals surface area contributed by atoms with Crippen molar-refractivity contribution in [3.63, 3.8) is 0 Å². The van der Waals surface area contributed by atoms with Crippen LogP contribution in [-0.2, 0) is 27.7 Å². The molecule has 0 spiro atoms. The number of aromatic nitrogens is 5. The van der Waals surface area contributed by atoms with Gasteiger partial charge in [0.2, 0.25) is 15.0 Å². The molecule has 234 valence electrons. The Morgan fingerprint density at radius 3 is 2.50 bits per heavy atom. The van der Waals surface area contributed by atoms with Gasteiger partial charge in [-0.15, -0.1) is 0 Å². The van der Waals surface area contributed by atoms with E-state index in [2.05, 4.69) is 15.0 Å². The Morgan fingerprint density at radius 1 is 0.913 bits per heavy atom. The second-order valence-electron chi connectivity index (χ2n) is 10.8. The van der Waals surface area contributed by atoms with Crippen molar-refractivity contribution < 1.29 is 21.9 Å². The minimum Gasteiger partial charge on any atom is -0.369 e. The summed E-state index contributed by atoms with van der Waals surface area (Å²) in [5.41, 5.74) is 2.39. The SMILES string of the molecule is Cc1cc(-c2cc(F)c(=O)n(Cc3ccn4ccnc4c3)c2)nc(S(=O)(=O)CCC(OCc2ccccc2F)c2ccccc2)n1. The van der Waals surface area contributed by atoms with Crippen molar-refractivity contribution in [2.75, 3.05) is 5.75 Å². The molecule has 0 fully saturated rings.